The fraction of sp³-hybridized carbons (Fsp3) is 0.692. The number of amides is 1. The van der Waals surface area contributed by atoms with Crippen molar-refractivity contribution in [3.05, 3.63) is 17.5 Å². The topological polar surface area (TPSA) is 58.9 Å². The van der Waals surface area contributed by atoms with Gasteiger partial charge in [-0.15, -0.1) is 12.4 Å². The average Bonchev–Trinajstić information content (AvgIpc) is 2.67. The van der Waals surface area contributed by atoms with E-state index in [1.807, 2.05) is 25.6 Å². The molecule has 0 aliphatic rings. The summed E-state index contributed by atoms with van der Waals surface area (Å²) in [6.45, 7) is 10.8. The van der Waals surface area contributed by atoms with Gasteiger partial charge in [0.15, 0.2) is 0 Å². The molecular formula is C13H25ClN4O. The Hall–Kier alpha value is -1.07. The maximum absolute atomic E-state index is 12.0. The second-order valence-corrected chi connectivity index (χ2v) is 5.63. The standard InChI is InChI=1S/C13H24N4O.ClH/c1-9(14-6)7-15-12(18)11-8-16-17(10(11)2)13(3,4)5;/h8-9,14H,7H2,1-6H3,(H,15,18);1H. The zero-order valence-corrected chi connectivity index (χ0v) is 13.4. The van der Waals surface area contributed by atoms with Crippen molar-refractivity contribution in [1.82, 2.24) is 20.4 Å². The van der Waals surface area contributed by atoms with E-state index in [-0.39, 0.29) is 29.9 Å². The van der Waals surface area contributed by atoms with Crippen LogP contribution in [0.25, 0.3) is 0 Å². The predicted octanol–water partition coefficient (Wildman–Crippen LogP) is 1.71. The van der Waals surface area contributed by atoms with Crippen LogP contribution < -0.4 is 10.6 Å². The molecule has 0 radical (unpaired) electrons. The van der Waals surface area contributed by atoms with Crippen LogP contribution in [0.2, 0.25) is 0 Å². The molecule has 1 aromatic heterocycles. The fourth-order valence-electron chi connectivity index (χ4n) is 1.75. The van der Waals surface area contributed by atoms with E-state index in [0.29, 0.717) is 12.1 Å². The molecule has 2 N–H and O–H groups in total. The van der Waals surface area contributed by atoms with Gasteiger partial charge in [-0.2, -0.15) is 5.10 Å². The van der Waals surface area contributed by atoms with Crippen molar-refractivity contribution in [1.29, 1.82) is 0 Å². The van der Waals surface area contributed by atoms with Crippen LogP contribution in [0.1, 0.15) is 43.7 Å². The van der Waals surface area contributed by atoms with E-state index in [1.54, 1.807) is 6.20 Å². The normalized spacial score (nSPS) is 12.7. The summed E-state index contributed by atoms with van der Waals surface area (Å²) >= 11 is 0. The third-order valence-corrected chi connectivity index (χ3v) is 2.95. The molecule has 19 heavy (non-hydrogen) atoms. The van der Waals surface area contributed by atoms with E-state index >= 15 is 0 Å². The molecule has 1 unspecified atom stereocenters. The largest absolute Gasteiger partial charge is 0.350 e. The third-order valence-electron chi connectivity index (χ3n) is 2.95. The summed E-state index contributed by atoms with van der Waals surface area (Å²) in [7, 11) is 1.87. The van der Waals surface area contributed by atoms with Gasteiger partial charge in [0.05, 0.1) is 17.3 Å². The maximum Gasteiger partial charge on any atom is 0.254 e. The number of carbonyl (C=O) groups is 1. The first kappa shape index (κ1) is 17.9. The van der Waals surface area contributed by atoms with E-state index in [9.17, 15) is 4.79 Å². The lowest BCUT2D eigenvalue weighted by atomic mass is 10.1. The lowest BCUT2D eigenvalue weighted by Gasteiger charge is -2.21. The van der Waals surface area contributed by atoms with Crippen molar-refractivity contribution in [3.63, 3.8) is 0 Å². The maximum atomic E-state index is 12.0. The SMILES string of the molecule is CNC(C)CNC(=O)c1cnn(C(C)(C)C)c1C.Cl. The zero-order chi connectivity index (χ0) is 13.9. The van der Waals surface area contributed by atoms with E-state index < -0.39 is 0 Å². The number of nitrogens with one attached hydrogen (secondary N) is 2. The lowest BCUT2D eigenvalue weighted by Crippen LogP contribution is -2.37. The monoisotopic (exact) mass is 288 g/mol. The Kier molecular flexibility index (Phi) is 6.52. The van der Waals surface area contributed by atoms with Crippen molar-refractivity contribution in [3.8, 4) is 0 Å². The van der Waals surface area contributed by atoms with Crippen LogP contribution >= 0.6 is 12.4 Å². The van der Waals surface area contributed by atoms with Crippen molar-refractivity contribution in [2.45, 2.75) is 46.2 Å². The van der Waals surface area contributed by atoms with Gasteiger partial charge in [0, 0.05) is 18.3 Å². The Morgan fingerprint density at radius 3 is 2.47 bits per heavy atom. The first-order chi connectivity index (χ1) is 8.27. The van der Waals surface area contributed by atoms with Gasteiger partial charge >= 0.3 is 0 Å². The Balaban J connectivity index is 0.00000324. The number of hydrogen-bond donors (Lipinski definition) is 2. The van der Waals surface area contributed by atoms with E-state index in [0.717, 1.165) is 5.69 Å². The molecule has 0 aliphatic heterocycles. The molecular weight excluding hydrogens is 264 g/mol. The minimum Gasteiger partial charge on any atom is -0.350 e. The summed E-state index contributed by atoms with van der Waals surface area (Å²) in [5, 5.41) is 10.3. The molecule has 6 heteroatoms. The lowest BCUT2D eigenvalue weighted by molar-refractivity contribution is 0.0949. The number of nitrogens with zero attached hydrogens (tertiary/aromatic N) is 2. The Morgan fingerprint density at radius 2 is 2.05 bits per heavy atom. The second kappa shape index (κ2) is 6.91. The van der Waals surface area contributed by atoms with Gasteiger partial charge in [-0.3, -0.25) is 9.48 Å². The predicted molar refractivity (Wildman–Crippen MR) is 80.1 cm³/mol. The van der Waals surface area contributed by atoms with Gasteiger partial charge in [0.1, 0.15) is 0 Å². The van der Waals surface area contributed by atoms with Crippen LogP contribution in [0.15, 0.2) is 6.20 Å². The molecule has 0 fully saturated rings. The molecule has 0 saturated carbocycles. The Bertz CT molecular complexity index is 423. The zero-order valence-electron chi connectivity index (χ0n) is 12.6. The Morgan fingerprint density at radius 1 is 1.47 bits per heavy atom. The van der Waals surface area contributed by atoms with Gasteiger partial charge in [0.25, 0.3) is 5.91 Å². The van der Waals surface area contributed by atoms with Crippen LogP contribution in [0, 0.1) is 6.92 Å². The first-order valence-electron chi connectivity index (χ1n) is 6.28. The molecule has 0 saturated heterocycles. The number of halogens is 1. The number of likely N-dealkylation sites (N-methyl/N-ethyl adjacent to an activating group) is 1. The fourth-order valence-corrected chi connectivity index (χ4v) is 1.75. The molecule has 110 valence electrons. The van der Waals surface area contributed by atoms with Gasteiger partial charge in [-0.05, 0) is 41.7 Å². The highest BCUT2D eigenvalue weighted by Crippen LogP contribution is 2.18. The van der Waals surface area contributed by atoms with Gasteiger partial charge in [-0.25, -0.2) is 0 Å². The van der Waals surface area contributed by atoms with Crippen LogP contribution in [0.3, 0.4) is 0 Å². The molecule has 1 amide bonds. The van der Waals surface area contributed by atoms with Crippen LogP contribution in [0.4, 0.5) is 0 Å². The van der Waals surface area contributed by atoms with E-state index in [4.69, 9.17) is 0 Å². The molecule has 1 rings (SSSR count). The van der Waals surface area contributed by atoms with Gasteiger partial charge in [-0.1, -0.05) is 0 Å². The average molecular weight is 289 g/mol. The highest BCUT2D eigenvalue weighted by molar-refractivity contribution is 5.95. The van der Waals surface area contributed by atoms with Gasteiger partial charge < -0.3 is 10.6 Å². The smallest absolute Gasteiger partial charge is 0.254 e. The molecule has 0 spiro atoms. The number of aromatic nitrogens is 2. The van der Waals surface area contributed by atoms with E-state index in [2.05, 4.69) is 36.5 Å². The first-order valence-corrected chi connectivity index (χ1v) is 6.28. The summed E-state index contributed by atoms with van der Waals surface area (Å²) in [5.41, 5.74) is 1.44. The molecule has 1 atom stereocenters. The second-order valence-electron chi connectivity index (χ2n) is 5.63. The van der Waals surface area contributed by atoms with Crippen LogP contribution in [-0.2, 0) is 5.54 Å². The molecule has 0 aromatic carbocycles. The summed E-state index contributed by atoms with van der Waals surface area (Å²) in [6.07, 6.45) is 1.64. The molecule has 0 bridgehead atoms. The quantitative estimate of drug-likeness (QED) is 0.887. The van der Waals surface area contributed by atoms with Crippen molar-refractivity contribution in [2.24, 2.45) is 0 Å². The summed E-state index contributed by atoms with van der Waals surface area (Å²) < 4.78 is 1.88. The number of carbonyl (C=O) groups excluding carboxylic acids is 1. The molecule has 5 nitrogen and oxygen atoms in total. The van der Waals surface area contributed by atoms with Crippen LogP contribution in [-0.4, -0.2) is 35.3 Å². The minimum absolute atomic E-state index is 0. The number of rotatable bonds is 4. The highest BCUT2D eigenvalue weighted by atomic mass is 35.5. The van der Waals surface area contributed by atoms with E-state index in [1.165, 1.54) is 0 Å². The highest BCUT2D eigenvalue weighted by Gasteiger charge is 2.21. The summed E-state index contributed by atoms with van der Waals surface area (Å²) in [6, 6.07) is 0.256. The summed E-state index contributed by atoms with van der Waals surface area (Å²) in [5.74, 6) is -0.0647. The summed E-state index contributed by atoms with van der Waals surface area (Å²) in [4.78, 5) is 12.0. The van der Waals surface area contributed by atoms with Crippen molar-refractivity contribution in [2.75, 3.05) is 13.6 Å². The van der Waals surface area contributed by atoms with Crippen molar-refractivity contribution < 1.29 is 4.79 Å². The van der Waals surface area contributed by atoms with Crippen molar-refractivity contribution >= 4 is 18.3 Å². The van der Waals surface area contributed by atoms with Crippen LogP contribution in [0.5, 0.6) is 0 Å². The molecule has 1 aromatic rings. The minimum atomic E-state index is -0.110. The third kappa shape index (κ3) is 4.51. The van der Waals surface area contributed by atoms with Gasteiger partial charge in [0.2, 0.25) is 0 Å². The number of hydrogen-bond acceptors (Lipinski definition) is 3. The Labute approximate surface area is 121 Å². The molecule has 1 heterocycles. The molecule has 0 aliphatic carbocycles.